The maximum atomic E-state index is 6.88. The van der Waals surface area contributed by atoms with Crippen molar-refractivity contribution in [3.8, 4) is 0 Å². The number of piperidine rings is 1. The Kier molecular flexibility index (Phi) is 6.54. The number of halogens is 1. The van der Waals surface area contributed by atoms with Crippen LogP contribution in [0.3, 0.4) is 0 Å². The summed E-state index contributed by atoms with van der Waals surface area (Å²) in [4.78, 5) is 9.28. The number of nitrogens with zero attached hydrogens (tertiary/aromatic N) is 4. The zero-order valence-corrected chi connectivity index (χ0v) is 21.6. The molecule has 2 fully saturated rings. The Morgan fingerprint density at radius 1 is 1.09 bits per heavy atom. The summed E-state index contributed by atoms with van der Waals surface area (Å²) in [5, 5.41) is 5.01. The van der Waals surface area contributed by atoms with Gasteiger partial charge in [0, 0.05) is 42.9 Å². The molecular formula is C27H32ClN5S. The molecule has 2 aliphatic rings. The summed E-state index contributed by atoms with van der Waals surface area (Å²) in [6, 6.07) is 16.9. The molecule has 34 heavy (non-hydrogen) atoms. The molecule has 2 unspecified atom stereocenters. The van der Waals surface area contributed by atoms with Gasteiger partial charge in [-0.25, -0.2) is 0 Å². The molecule has 0 aliphatic carbocycles. The molecule has 3 aromatic rings. The van der Waals surface area contributed by atoms with E-state index in [9.17, 15) is 0 Å². The second-order valence-corrected chi connectivity index (χ2v) is 10.5. The van der Waals surface area contributed by atoms with Crippen molar-refractivity contribution >= 4 is 40.3 Å². The van der Waals surface area contributed by atoms with E-state index >= 15 is 0 Å². The van der Waals surface area contributed by atoms with Gasteiger partial charge in [0.25, 0.3) is 0 Å². The van der Waals surface area contributed by atoms with Crippen LogP contribution in [0.25, 0.3) is 0 Å². The summed E-state index contributed by atoms with van der Waals surface area (Å²) in [7, 11) is 0. The van der Waals surface area contributed by atoms with Crippen LogP contribution in [0.2, 0.25) is 5.02 Å². The molecule has 0 spiro atoms. The Morgan fingerprint density at radius 2 is 1.88 bits per heavy atom. The Bertz CT molecular complexity index is 1150. The molecule has 1 aromatic carbocycles. The van der Waals surface area contributed by atoms with Crippen molar-refractivity contribution in [2.45, 2.75) is 51.7 Å². The summed E-state index contributed by atoms with van der Waals surface area (Å²) >= 11 is 12.8. The topological polar surface area (TPSA) is 36.3 Å². The molecule has 0 radical (unpaired) electrons. The first kappa shape index (κ1) is 23.2. The van der Waals surface area contributed by atoms with Gasteiger partial charge in [0.1, 0.15) is 6.04 Å². The summed E-state index contributed by atoms with van der Waals surface area (Å²) in [5.41, 5.74) is 4.28. The zero-order valence-electron chi connectivity index (χ0n) is 20.0. The number of hydrogen-bond donors (Lipinski definition) is 1. The van der Waals surface area contributed by atoms with Crippen molar-refractivity contribution in [3.63, 3.8) is 0 Å². The average Bonchev–Trinajstić information content (AvgIpc) is 3.45. The van der Waals surface area contributed by atoms with E-state index in [-0.39, 0.29) is 12.1 Å². The van der Waals surface area contributed by atoms with Crippen molar-refractivity contribution < 1.29 is 0 Å². The summed E-state index contributed by atoms with van der Waals surface area (Å²) in [5.74, 6) is 0.781. The molecule has 2 saturated heterocycles. The summed E-state index contributed by atoms with van der Waals surface area (Å²) in [6.07, 6.45) is 6.39. The molecule has 7 heteroatoms. The largest absolute Gasteiger partial charge is 0.370 e. The Morgan fingerprint density at radius 3 is 2.56 bits per heavy atom. The van der Waals surface area contributed by atoms with Gasteiger partial charge in [-0.05, 0) is 87.3 Å². The lowest BCUT2D eigenvalue weighted by molar-refractivity contribution is 0.438. The average molecular weight is 494 g/mol. The van der Waals surface area contributed by atoms with Crippen molar-refractivity contribution in [2.75, 3.05) is 22.9 Å². The molecule has 0 saturated carbocycles. The lowest BCUT2D eigenvalue weighted by Gasteiger charge is -2.34. The molecule has 178 valence electrons. The highest BCUT2D eigenvalue weighted by Gasteiger charge is 2.42. The first-order valence-corrected chi connectivity index (χ1v) is 12.9. The number of benzene rings is 1. The van der Waals surface area contributed by atoms with Crippen LogP contribution in [0.5, 0.6) is 0 Å². The SMILES string of the molecule is CC1CCN(c2ccc(N3C(=S)NC(c4ccccn4)C3c3cccn3C(C)C)cc2Cl)CC1. The van der Waals surface area contributed by atoms with Gasteiger partial charge in [0.15, 0.2) is 5.11 Å². The number of rotatable bonds is 5. The van der Waals surface area contributed by atoms with Gasteiger partial charge in [-0.3, -0.25) is 4.98 Å². The van der Waals surface area contributed by atoms with Gasteiger partial charge in [-0.15, -0.1) is 0 Å². The zero-order chi connectivity index (χ0) is 23.8. The van der Waals surface area contributed by atoms with E-state index in [2.05, 4.69) is 88.0 Å². The molecule has 1 N–H and O–H groups in total. The minimum absolute atomic E-state index is 0.0439. The first-order chi connectivity index (χ1) is 16.4. The van der Waals surface area contributed by atoms with Gasteiger partial charge in [-0.2, -0.15) is 0 Å². The Hall–Kier alpha value is -2.57. The van der Waals surface area contributed by atoms with Crippen LogP contribution in [0.4, 0.5) is 11.4 Å². The van der Waals surface area contributed by atoms with Crippen molar-refractivity contribution in [1.82, 2.24) is 14.9 Å². The second-order valence-electron chi connectivity index (χ2n) is 9.74. The predicted molar refractivity (Wildman–Crippen MR) is 145 cm³/mol. The highest BCUT2D eigenvalue weighted by molar-refractivity contribution is 7.80. The molecule has 0 bridgehead atoms. The summed E-state index contributed by atoms with van der Waals surface area (Å²) in [6.45, 7) is 8.84. The Labute approximate surface area is 212 Å². The molecule has 2 atom stereocenters. The Balaban J connectivity index is 1.54. The van der Waals surface area contributed by atoms with Crippen LogP contribution in [0.1, 0.15) is 63.1 Å². The predicted octanol–water partition coefficient (Wildman–Crippen LogP) is 6.53. The van der Waals surface area contributed by atoms with E-state index in [4.69, 9.17) is 23.8 Å². The van der Waals surface area contributed by atoms with Gasteiger partial charge in [0.2, 0.25) is 0 Å². The molecule has 5 rings (SSSR count). The number of hydrogen-bond acceptors (Lipinski definition) is 3. The highest BCUT2D eigenvalue weighted by Crippen LogP contribution is 2.44. The third-order valence-electron chi connectivity index (χ3n) is 7.10. The van der Waals surface area contributed by atoms with Crippen molar-refractivity contribution in [3.05, 3.63) is 77.3 Å². The lowest BCUT2D eigenvalue weighted by Crippen LogP contribution is -2.33. The number of anilines is 2. The van der Waals surface area contributed by atoms with Gasteiger partial charge >= 0.3 is 0 Å². The normalized spacial score (nSPS) is 21.4. The minimum atomic E-state index is -0.0665. The van der Waals surface area contributed by atoms with Crippen LogP contribution < -0.4 is 15.1 Å². The molecule has 0 amide bonds. The van der Waals surface area contributed by atoms with Crippen LogP contribution in [0.15, 0.2) is 60.9 Å². The fourth-order valence-electron chi connectivity index (χ4n) is 5.21. The maximum absolute atomic E-state index is 6.88. The molecule has 2 aromatic heterocycles. The molecular weight excluding hydrogens is 462 g/mol. The number of aromatic nitrogens is 2. The van der Waals surface area contributed by atoms with E-state index in [1.54, 1.807) is 0 Å². The maximum Gasteiger partial charge on any atom is 0.174 e. The number of thiocarbonyl (C=S) groups is 1. The minimum Gasteiger partial charge on any atom is -0.370 e. The van der Waals surface area contributed by atoms with Crippen LogP contribution in [-0.4, -0.2) is 27.8 Å². The van der Waals surface area contributed by atoms with Crippen molar-refractivity contribution in [2.24, 2.45) is 5.92 Å². The van der Waals surface area contributed by atoms with E-state index in [1.165, 1.54) is 18.5 Å². The van der Waals surface area contributed by atoms with E-state index < -0.39 is 0 Å². The number of nitrogens with one attached hydrogen (secondary N) is 1. The third-order valence-corrected chi connectivity index (χ3v) is 7.72. The van der Waals surface area contributed by atoms with Gasteiger partial charge < -0.3 is 19.7 Å². The highest BCUT2D eigenvalue weighted by atomic mass is 35.5. The fraction of sp³-hybridized carbons (Fsp3) is 0.407. The second kappa shape index (κ2) is 9.59. The lowest BCUT2D eigenvalue weighted by atomic mass is 9.98. The smallest absolute Gasteiger partial charge is 0.174 e. The van der Waals surface area contributed by atoms with Gasteiger partial charge in [-0.1, -0.05) is 24.6 Å². The fourth-order valence-corrected chi connectivity index (χ4v) is 5.85. The quantitative estimate of drug-likeness (QED) is 0.409. The van der Waals surface area contributed by atoms with Crippen molar-refractivity contribution in [1.29, 1.82) is 0 Å². The standard InChI is InChI=1S/C27H32ClN5S/c1-18(2)32-14-6-8-24(32)26-25(22-7-4-5-13-29-22)30-27(34)33(26)20-9-10-23(21(28)17-20)31-15-11-19(3)12-16-31/h4-10,13-14,17-19,25-26H,11-12,15-16H2,1-3H3,(H,30,34). The third kappa shape index (κ3) is 4.29. The van der Waals surface area contributed by atoms with Crippen LogP contribution >= 0.6 is 23.8 Å². The van der Waals surface area contributed by atoms with E-state index in [1.807, 2.05) is 18.3 Å². The van der Waals surface area contributed by atoms with Gasteiger partial charge in [0.05, 0.1) is 22.4 Å². The summed E-state index contributed by atoms with van der Waals surface area (Å²) < 4.78 is 2.31. The number of pyridine rings is 1. The monoisotopic (exact) mass is 493 g/mol. The molecule has 2 aliphatic heterocycles. The van der Waals surface area contributed by atoms with E-state index in [0.717, 1.165) is 41.1 Å². The van der Waals surface area contributed by atoms with Crippen LogP contribution in [0, 0.1) is 5.92 Å². The first-order valence-electron chi connectivity index (χ1n) is 12.2. The molecule has 5 nitrogen and oxygen atoms in total. The van der Waals surface area contributed by atoms with E-state index in [0.29, 0.717) is 11.2 Å². The molecule has 4 heterocycles. The van der Waals surface area contributed by atoms with Crippen LogP contribution in [-0.2, 0) is 0 Å².